The van der Waals surface area contributed by atoms with Crippen LogP contribution >= 0.6 is 0 Å². The summed E-state index contributed by atoms with van der Waals surface area (Å²) in [5.74, 6) is 0. The van der Waals surface area contributed by atoms with Crippen LogP contribution in [-0.4, -0.2) is 25.2 Å². The van der Waals surface area contributed by atoms with Gasteiger partial charge in [0.1, 0.15) is 0 Å². The van der Waals surface area contributed by atoms with Gasteiger partial charge in [-0.3, -0.25) is 0 Å². The molecule has 1 aromatic rings. The molecule has 1 aliphatic rings. The van der Waals surface area contributed by atoms with Gasteiger partial charge in [0.2, 0.25) is 0 Å². The van der Waals surface area contributed by atoms with E-state index in [9.17, 15) is 18.0 Å². The largest absolute Gasteiger partial charge is 0.418 e. The maximum Gasteiger partial charge on any atom is 0.418 e. The molecule has 0 spiro atoms. The first-order valence-corrected chi connectivity index (χ1v) is 8.41. The molecule has 4 nitrogen and oxygen atoms in total. The summed E-state index contributed by atoms with van der Waals surface area (Å²) in [5.41, 5.74) is -1.09. The predicted octanol–water partition coefficient (Wildman–Crippen LogP) is 4.14. The summed E-state index contributed by atoms with van der Waals surface area (Å²) in [5, 5.41) is 8.25. The Hall–Kier alpha value is -1.76. The van der Waals surface area contributed by atoms with Gasteiger partial charge in [-0.15, -0.1) is 0 Å². The van der Waals surface area contributed by atoms with Crippen molar-refractivity contribution < 1.29 is 18.0 Å². The molecular formula is C17H24F3N3O. The third-order valence-corrected chi connectivity index (χ3v) is 4.18. The molecule has 2 rings (SSSR count). The average molecular weight is 343 g/mol. The SMILES string of the molecule is O=C(NCCNC1CCCCCC1)Nc1ccccc1C(F)(F)F. The van der Waals surface area contributed by atoms with Crippen LogP contribution in [0.2, 0.25) is 0 Å². The number of halogens is 3. The maximum atomic E-state index is 12.9. The molecule has 1 fully saturated rings. The fourth-order valence-corrected chi connectivity index (χ4v) is 2.94. The molecule has 0 saturated heterocycles. The van der Waals surface area contributed by atoms with Crippen LogP contribution in [0.15, 0.2) is 24.3 Å². The van der Waals surface area contributed by atoms with E-state index in [4.69, 9.17) is 0 Å². The summed E-state index contributed by atoms with van der Waals surface area (Å²) < 4.78 is 38.6. The van der Waals surface area contributed by atoms with Gasteiger partial charge < -0.3 is 16.0 Å². The lowest BCUT2D eigenvalue weighted by atomic mass is 10.1. The Kier molecular flexibility index (Phi) is 6.90. The van der Waals surface area contributed by atoms with Crippen LogP contribution in [0.3, 0.4) is 0 Å². The highest BCUT2D eigenvalue weighted by Crippen LogP contribution is 2.34. The molecule has 0 aliphatic heterocycles. The van der Waals surface area contributed by atoms with Crippen molar-refractivity contribution in [2.75, 3.05) is 18.4 Å². The monoisotopic (exact) mass is 343 g/mol. The zero-order chi connectivity index (χ0) is 17.4. The van der Waals surface area contributed by atoms with Crippen molar-refractivity contribution in [3.05, 3.63) is 29.8 Å². The molecule has 1 aromatic carbocycles. The fourth-order valence-electron chi connectivity index (χ4n) is 2.94. The molecule has 134 valence electrons. The van der Waals surface area contributed by atoms with E-state index >= 15 is 0 Å². The molecule has 2 amide bonds. The highest BCUT2D eigenvalue weighted by molar-refractivity contribution is 5.90. The molecule has 24 heavy (non-hydrogen) atoms. The van der Waals surface area contributed by atoms with E-state index in [0.29, 0.717) is 19.1 Å². The van der Waals surface area contributed by atoms with Crippen LogP contribution in [0.5, 0.6) is 0 Å². The van der Waals surface area contributed by atoms with Crippen LogP contribution in [0, 0.1) is 0 Å². The number of carbonyl (C=O) groups is 1. The third-order valence-electron chi connectivity index (χ3n) is 4.18. The number of nitrogens with one attached hydrogen (secondary N) is 3. The molecule has 0 unspecified atom stereocenters. The van der Waals surface area contributed by atoms with Crippen LogP contribution in [0.1, 0.15) is 44.1 Å². The Balaban J connectivity index is 1.74. The quantitative estimate of drug-likeness (QED) is 0.556. The van der Waals surface area contributed by atoms with Gasteiger partial charge in [0.05, 0.1) is 11.3 Å². The van der Waals surface area contributed by atoms with Crippen LogP contribution < -0.4 is 16.0 Å². The number of para-hydroxylation sites is 1. The summed E-state index contributed by atoms with van der Waals surface area (Å²) in [6, 6.07) is 4.79. The molecule has 1 saturated carbocycles. The Labute approximate surface area is 140 Å². The fraction of sp³-hybridized carbons (Fsp3) is 0.588. The number of amides is 2. The Morgan fingerprint density at radius 2 is 1.71 bits per heavy atom. The lowest BCUT2D eigenvalue weighted by Gasteiger charge is -2.17. The van der Waals surface area contributed by atoms with E-state index < -0.39 is 17.8 Å². The summed E-state index contributed by atoms with van der Waals surface area (Å²) in [4.78, 5) is 11.8. The Bertz CT molecular complexity index is 526. The Morgan fingerprint density at radius 1 is 1.04 bits per heavy atom. The van der Waals surface area contributed by atoms with E-state index in [0.717, 1.165) is 18.9 Å². The van der Waals surface area contributed by atoms with Crippen molar-refractivity contribution in [1.29, 1.82) is 0 Å². The van der Waals surface area contributed by atoms with Crippen molar-refractivity contribution in [1.82, 2.24) is 10.6 Å². The molecule has 0 radical (unpaired) electrons. The second-order valence-corrected chi connectivity index (χ2v) is 6.07. The normalized spacial score (nSPS) is 16.5. The standard InChI is InChI=1S/C17H24F3N3O/c18-17(19,20)14-9-5-6-10-15(14)23-16(24)22-12-11-21-13-7-3-1-2-4-8-13/h5-6,9-10,13,21H,1-4,7-8,11-12H2,(H2,22,23,24). The number of hydrogen-bond donors (Lipinski definition) is 3. The molecule has 7 heteroatoms. The number of carbonyl (C=O) groups excluding carboxylic acids is 1. The summed E-state index contributed by atoms with van der Waals surface area (Å²) >= 11 is 0. The minimum Gasteiger partial charge on any atom is -0.337 e. The summed E-state index contributed by atoms with van der Waals surface area (Å²) in [6.45, 7) is 0.982. The minimum atomic E-state index is -4.50. The third kappa shape index (κ3) is 6.03. The molecule has 0 aromatic heterocycles. The topological polar surface area (TPSA) is 53.2 Å². The van der Waals surface area contributed by atoms with Gasteiger partial charge in [-0.1, -0.05) is 37.8 Å². The maximum absolute atomic E-state index is 12.9. The van der Waals surface area contributed by atoms with E-state index in [1.165, 1.54) is 43.9 Å². The zero-order valence-corrected chi connectivity index (χ0v) is 13.6. The van der Waals surface area contributed by atoms with Gasteiger partial charge in [0, 0.05) is 19.1 Å². The number of alkyl halides is 3. The molecular weight excluding hydrogens is 319 g/mol. The van der Waals surface area contributed by atoms with E-state index in [1.54, 1.807) is 0 Å². The van der Waals surface area contributed by atoms with E-state index in [2.05, 4.69) is 16.0 Å². The highest BCUT2D eigenvalue weighted by Gasteiger charge is 2.33. The first-order valence-electron chi connectivity index (χ1n) is 8.41. The number of benzene rings is 1. The van der Waals surface area contributed by atoms with Crippen molar-refractivity contribution >= 4 is 11.7 Å². The van der Waals surface area contributed by atoms with Crippen LogP contribution in [0.4, 0.5) is 23.7 Å². The van der Waals surface area contributed by atoms with Gasteiger partial charge in [-0.2, -0.15) is 13.2 Å². The molecule has 3 N–H and O–H groups in total. The second-order valence-electron chi connectivity index (χ2n) is 6.07. The van der Waals surface area contributed by atoms with Crippen molar-refractivity contribution in [3.63, 3.8) is 0 Å². The van der Waals surface area contributed by atoms with Gasteiger partial charge in [-0.05, 0) is 25.0 Å². The van der Waals surface area contributed by atoms with Gasteiger partial charge >= 0.3 is 12.2 Å². The Morgan fingerprint density at radius 3 is 2.38 bits per heavy atom. The number of rotatable bonds is 5. The lowest BCUT2D eigenvalue weighted by molar-refractivity contribution is -0.136. The first kappa shape index (κ1) is 18.6. The lowest BCUT2D eigenvalue weighted by Crippen LogP contribution is -2.38. The second kappa shape index (κ2) is 8.92. The molecule has 0 bridgehead atoms. The van der Waals surface area contributed by atoms with Gasteiger partial charge in [0.25, 0.3) is 0 Å². The minimum absolute atomic E-state index is 0.237. The highest BCUT2D eigenvalue weighted by atomic mass is 19.4. The van der Waals surface area contributed by atoms with Gasteiger partial charge in [-0.25, -0.2) is 4.79 Å². The van der Waals surface area contributed by atoms with E-state index in [1.807, 2.05) is 0 Å². The van der Waals surface area contributed by atoms with Gasteiger partial charge in [0.15, 0.2) is 0 Å². The summed E-state index contributed by atoms with van der Waals surface area (Å²) in [6.07, 6.45) is 2.79. The van der Waals surface area contributed by atoms with Crippen LogP contribution in [0.25, 0.3) is 0 Å². The smallest absolute Gasteiger partial charge is 0.337 e. The molecule has 0 atom stereocenters. The molecule has 1 aliphatic carbocycles. The average Bonchev–Trinajstić information content (AvgIpc) is 2.80. The number of hydrogen-bond acceptors (Lipinski definition) is 2. The van der Waals surface area contributed by atoms with Crippen molar-refractivity contribution in [2.24, 2.45) is 0 Å². The van der Waals surface area contributed by atoms with Crippen LogP contribution in [-0.2, 0) is 6.18 Å². The van der Waals surface area contributed by atoms with Crippen molar-refractivity contribution in [2.45, 2.75) is 50.7 Å². The molecule has 0 heterocycles. The number of urea groups is 1. The van der Waals surface area contributed by atoms with E-state index in [-0.39, 0.29) is 5.69 Å². The summed E-state index contributed by atoms with van der Waals surface area (Å²) in [7, 11) is 0. The predicted molar refractivity (Wildman–Crippen MR) is 88.0 cm³/mol. The number of anilines is 1. The first-order chi connectivity index (χ1) is 11.5. The zero-order valence-electron chi connectivity index (χ0n) is 13.6. The van der Waals surface area contributed by atoms with Crippen molar-refractivity contribution in [3.8, 4) is 0 Å².